The van der Waals surface area contributed by atoms with E-state index < -0.39 is 11.9 Å². The Morgan fingerprint density at radius 2 is 1.50 bits per heavy atom. The predicted octanol–water partition coefficient (Wildman–Crippen LogP) is 0.130. The molecule has 0 aromatic rings. The number of carboxylic acids is 2. The number of rotatable bonds is 2. The molecule has 1 saturated heterocycles. The number of carbonyl (C=O) groups is 3. The first-order valence-electron chi connectivity index (χ1n) is 4.39. The number of aliphatic carboxylic acids is 2. The lowest BCUT2D eigenvalue weighted by Gasteiger charge is -1.93. The SMILES string of the molecule is CC(=O)O.CC(=O)O.CC(=O)OCC1CO1. The van der Waals surface area contributed by atoms with Gasteiger partial charge in [0, 0.05) is 20.8 Å². The quantitative estimate of drug-likeness (QED) is 0.517. The van der Waals surface area contributed by atoms with Crippen LogP contribution in [-0.2, 0) is 23.9 Å². The van der Waals surface area contributed by atoms with Crippen molar-refractivity contribution >= 4 is 17.9 Å². The van der Waals surface area contributed by atoms with Gasteiger partial charge in [0.15, 0.2) is 0 Å². The van der Waals surface area contributed by atoms with Crippen molar-refractivity contribution in [3.05, 3.63) is 0 Å². The molecule has 0 radical (unpaired) electrons. The highest BCUT2D eigenvalue weighted by molar-refractivity contribution is 5.65. The Labute approximate surface area is 93.0 Å². The predicted molar refractivity (Wildman–Crippen MR) is 53.0 cm³/mol. The molecule has 0 bridgehead atoms. The Kier molecular flexibility index (Phi) is 10.4. The molecule has 0 saturated carbocycles. The fraction of sp³-hybridized carbons (Fsp3) is 0.667. The molecule has 0 aliphatic carbocycles. The van der Waals surface area contributed by atoms with Crippen LogP contribution in [0.15, 0.2) is 0 Å². The first-order valence-corrected chi connectivity index (χ1v) is 4.39. The lowest BCUT2D eigenvalue weighted by Crippen LogP contribution is -2.05. The van der Waals surface area contributed by atoms with Gasteiger partial charge < -0.3 is 19.7 Å². The number of carbonyl (C=O) groups excluding carboxylic acids is 1. The van der Waals surface area contributed by atoms with E-state index in [1.165, 1.54) is 6.92 Å². The van der Waals surface area contributed by atoms with Crippen molar-refractivity contribution in [2.24, 2.45) is 0 Å². The molecule has 0 aromatic heterocycles. The van der Waals surface area contributed by atoms with Gasteiger partial charge in [-0.15, -0.1) is 0 Å². The minimum Gasteiger partial charge on any atom is -0.481 e. The van der Waals surface area contributed by atoms with Crippen molar-refractivity contribution in [2.45, 2.75) is 26.9 Å². The average Bonchev–Trinajstić information content (AvgIpc) is 2.80. The van der Waals surface area contributed by atoms with E-state index in [2.05, 4.69) is 4.74 Å². The third-order valence-corrected chi connectivity index (χ3v) is 0.875. The highest BCUT2D eigenvalue weighted by Gasteiger charge is 2.23. The van der Waals surface area contributed by atoms with Gasteiger partial charge in [-0.05, 0) is 0 Å². The molecule has 7 heteroatoms. The van der Waals surface area contributed by atoms with Crippen LogP contribution in [0.2, 0.25) is 0 Å². The number of carboxylic acid groups (broad SMARTS) is 2. The Morgan fingerprint density at radius 1 is 1.19 bits per heavy atom. The van der Waals surface area contributed by atoms with Gasteiger partial charge in [-0.3, -0.25) is 14.4 Å². The van der Waals surface area contributed by atoms with E-state index in [0.717, 1.165) is 20.5 Å². The van der Waals surface area contributed by atoms with Crippen LogP contribution in [-0.4, -0.2) is 47.4 Å². The molecular formula is C9H16O7. The van der Waals surface area contributed by atoms with Crippen LogP contribution in [0.4, 0.5) is 0 Å². The van der Waals surface area contributed by atoms with Crippen LogP contribution in [0.5, 0.6) is 0 Å². The van der Waals surface area contributed by atoms with E-state index in [1.807, 2.05) is 0 Å². The summed E-state index contributed by atoms with van der Waals surface area (Å²) >= 11 is 0. The molecule has 7 nitrogen and oxygen atoms in total. The molecule has 1 fully saturated rings. The van der Waals surface area contributed by atoms with Gasteiger partial charge >= 0.3 is 5.97 Å². The smallest absolute Gasteiger partial charge is 0.302 e. The number of epoxide rings is 1. The molecule has 1 heterocycles. The van der Waals surface area contributed by atoms with Crippen molar-refractivity contribution in [2.75, 3.05) is 13.2 Å². The van der Waals surface area contributed by atoms with Crippen LogP contribution < -0.4 is 0 Å². The first kappa shape index (κ1) is 16.8. The van der Waals surface area contributed by atoms with E-state index >= 15 is 0 Å². The second kappa shape index (κ2) is 9.91. The second-order valence-electron chi connectivity index (χ2n) is 2.80. The van der Waals surface area contributed by atoms with Crippen LogP contribution in [0.3, 0.4) is 0 Å². The largest absolute Gasteiger partial charge is 0.481 e. The number of esters is 1. The number of ether oxygens (including phenoxy) is 2. The van der Waals surface area contributed by atoms with Crippen LogP contribution in [0.25, 0.3) is 0 Å². The first-order chi connectivity index (χ1) is 7.25. The molecule has 0 spiro atoms. The maximum absolute atomic E-state index is 10.1. The van der Waals surface area contributed by atoms with Crippen molar-refractivity contribution in [1.29, 1.82) is 0 Å². The summed E-state index contributed by atoms with van der Waals surface area (Å²) in [4.78, 5) is 28.1. The molecule has 1 aliphatic heterocycles. The van der Waals surface area contributed by atoms with Gasteiger partial charge in [0.2, 0.25) is 0 Å². The minimum absolute atomic E-state index is 0.193. The summed E-state index contributed by atoms with van der Waals surface area (Å²) < 4.78 is 9.38. The van der Waals surface area contributed by atoms with Crippen molar-refractivity contribution in [1.82, 2.24) is 0 Å². The molecular weight excluding hydrogens is 220 g/mol. The molecule has 0 amide bonds. The van der Waals surface area contributed by atoms with Crippen LogP contribution in [0.1, 0.15) is 20.8 Å². The second-order valence-corrected chi connectivity index (χ2v) is 2.80. The molecule has 1 unspecified atom stereocenters. The maximum Gasteiger partial charge on any atom is 0.302 e. The van der Waals surface area contributed by atoms with Gasteiger partial charge in [0.1, 0.15) is 12.7 Å². The average molecular weight is 236 g/mol. The summed E-state index contributed by atoms with van der Waals surface area (Å²) in [5, 5.41) is 14.8. The van der Waals surface area contributed by atoms with E-state index in [9.17, 15) is 4.79 Å². The van der Waals surface area contributed by atoms with Gasteiger partial charge in [-0.2, -0.15) is 0 Å². The maximum atomic E-state index is 10.1. The molecule has 0 aromatic carbocycles. The number of hydrogen-bond acceptors (Lipinski definition) is 5. The van der Waals surface area contributed by atoms with Crippen molar-refractivity contribution < 1.29 is 34.1 Å². The fourth-order valence-corrected chi connectivity index (χ4v) is 0.375. The summed E-state index contributed by atoms with van der Waals surface area (Å²) in [6, 6.07) is 0. The van der Waals surface area contributed by atoms with Crippen LogP contribution in [0, 0.1) is 0 Å². The van der Waals surface area contributed by atoms with Gasteiger partial charge in [0.05, 0.1) is 6.61 Å². The monoisotopic (exact) mass is 236 g/mol. The molecule has 94 valence electrons. The topological polar surface area (TPSA) is 113 Å². The molecule has 16 heavy (non-hydrogen) atoms. The van der Waals surface area contributed by atoms with Gasteiger partial charge in [0.25, 0.3) is 11.9 Å². The zero-order valence-corrected chi connectivity index (χ0v) is 9.43. The summed E-state index contributed by atoms with van der Waals surface area (Å²) in [6.07, 6.45) is 0.193. The van der Waals surface area contributed by atoms with E-state index in [0.29, 0.717) is 6.61 Å². The third-order valence-electron chi connectivity index (χ3n) is 0.875. The Morgan fingerprint density at radius 3 is 1.69 bits per heavy atom. The molecule has 1 aliphatic rings. The molecule has 1 atom stereocenters. The number of hydrogen-bond donors (Lipinski definition) is 2. The minimum atomic E-state index is -0.833. The molecule has 2 N–H and O–H groups in total. The standard InChI is InChI=1S/C5H8O3.2C2H4O2/c1-4(6)7-2-5-3-8-5;2*1-2(3)4/h5H,2-3H2,1H3;2*1H3,(H,3,4). The zero-order valence-electron chi connectivity index (χ0n) is 9.43. The lowest BCUT2D eigenvalue weighted by molar-refractivity contribution is -0.141. The zero-order chi connectivity index (χ0) is 13.1. The summed E-state index contributed by atoms with van der Waals surface area (Å²) in [7, 11) is 0. The summed E-state index contributed by atoms with van der Waals surface area (Å²) in [5.74, 6) is -1.90. The lowest BCUT2D eigenvalue weighted by atomic mass is 10.5. The molecule has 1 rings (SSSR count). The van der Waals surface area contributed by atoms with Gasteiger partial charge in [-0.25, -0.2) is 0 Å². The normalized spacial score (nSPS) is 15.6. The fourth-order valence-electron chi connectivity index (χ4n) is 0.375. The summed E-state index contributed by atoms with van der Waals surface area (Å²) in [5.41, 5.74) is 0. The highest BCUT2D eigenvalue weighted by atomic mass is 16.6. The Balaban J connectivity index is 0. The van der Waals surface area contributed by atoms with Crippen molar-refractivity contribution in [3.8, 4) is 0 Å². The third kappa shape index (κ3) is 39.4. The Hall–Kier alpha value is -1.63. The highest BCUT2D eigenvalue weighted by Crippen LogP contribution is 2.07. The van der Waals surface area contributed by atoms with E-state index in [1.54, 1.807) is 0 Å². The van der Waals surface area contributed by atoms with Gasteiger partial charge in [-0.1, -0.05) is 0 Å². The summed E-state index contributed by atoms with van der Waals surface area (Å²) in [6.45, 7) is 4.73. The van der Waals surface area contributed by atoms with Crippen molar-refractivity contribution in [3.63, 3.8) is 0 Å². The van der Waals surface area contributed by atoms with E-state index in [-0.39, 0.29) is 12.1 Å². The van der Waals surface area contributed by atoms with E-state index in [4.69, 9.17) is 24.5 Å². The Bertz CT molecular complexity index is 212. The van der Waals surface area contributed by atoms with Crippen LogP contribution >= 0.6 is 0 Å².